The third-order valence-electron chi connectivity index (χ3n) is 4.47. The minimum atomic E-state index is 0.213. The van der Waals surface area contributed by atoms with Crippen LogP contribution < -0.4 is 0 Å². The normalized spacial score (nSPS) is 18.6. The lowest BCUT2D eigenvalue weighted by molar-refractivity contribution is -0.132. The number of nitrogens with zero attached hydrogens (tertiary/aromatic N) is 4. The molecule has 1 aliphatic rings. The van der Waals surface area contributed by atoms with Crippen molar-refractivity contribution in [1.29, 1.82) is 0 Å². The van der Waals surface area contributed by atoms with Gasteiger partial charge >= 0.3 is 0 Å². The second-order valence-corrected chi connectivity index (χ2v) is 5.95. The molecule has 3 rings (SSSR count). The number of piperidine rings is 1. The summed E-state index contributed by atoms with van der Waals surface area (Å²) in [5.74, 6) is 1.03. The van der Waals surface area contributed by atoms with Crippen molar-refractivity contribution in [3.05, 3.63) is 35.7 Å². The molecule has 2 aromatic heterocycles. The van der Waals surface area contributed by atoms with Crippen molar-refractivity contribution >= 4 is 5.91 Å². The van der Waals surface area contributed by atoms with Crippen molar-refractivity contribution in [1.82, 2.24) is 19.6 Å². The van der Waals surface area contributed by atoms with Gasteiger partial charge in [-0.15, -0.1) is 0 Å². The van der Waals surface area contributed by atoms with Crippen molar-refractivity contribution < 1.29 is 9.32 Å². The van der Waals surface area contributed by atoms with Crippen LogP contribution >= 0.6 is 0 Å². The number of hydrogen-bond donors (Lipinski definition) is 0. The number of aryl methyl sites for hydroxylation is 2. The maximum atomic E-state index is 12.5. The summed E-state index contributed by atoms with van der Waals surface area (Å²) in [6.45, 7) is 5.45. The lowest BCUT2D eigenvalue weighted by Crippen LogP contribution is -2.40. The SMILES string of the molecule is Cc1noc(C)c1CCC(=O)N1CCCC(n2ccnc2)C1. The third-order valence-corrected chi connectivity index (χ3v) is 4.47. The fourth-order valence-electron chi connectivity index (χ4n) is 3.16. The highest BCUT2D eigenvalue weighted by atomic mass is 16.5. The number of imidazole rings is 1. The first-order valence-electron chi connectivity index (χ1n) is 7.82. The lowest BCUT2D eigenvalue weighted by atomic mass is 10.0. The van der Waals surface area contributed by atoms with E-state index >= 15 is 0 Å². The summed E-state index contributed by atoms with van der Waals surface area (Å²) in [6.07, 6.45) is 8.96. The number of hydrogen-bond acceptors (Lipinski definition) is 4. The molecule has 22 heavy (non-hydrogen) atoms. The summed E-state index contributed by atoms with van der Waals surface area (Å²) < 4.78 is 7.26. The topological polar surface area (TPSA) is 64.2 Å². The quantitative estimate of drug-likeness (QED) is 0.869. The molecule has 1 atom stereocenters. The zero-order valence-electron chi connectivity index (χ0n) is 13.2. The van der Waals surface area contributed by atoms with Crippen LogP contribution in [0.3, 0.4) is 0 Å². The van der Waals surface area contributed by atoms with Gasteiger partial charge in [0.15, 0.2) is 0 Å². The van der Waals surface area contributed by atoms with Gasteiger partial charge in [-0.25, -0.2) is 4.98 Å². The van der Waals surface area contributed by atoms with E-state index in [1.54, 1.807) is 6.20 Å². The average molecular weight is 302 g/mol. The highest BCUT2D eigenvalue weighted by molar-refractivity contribution is 5.76. The smallest absolute Gasteiger partial charge is 0.222 e. The van der Waals surface area contributed by atoms with Gasteiger partial charge in [0.25, 0.3) is 0 Å². The summed E-state index contributed by atoms with van der Waals surface area (Å²) in [5.41, 5.74) is 1.96. The Balaban J connectivity index is 1.58. The summed E-state index contributed by atoms with van der Waals surface area (Å²) in [7, 11) is 0. The van der Waals surface area contributed by atoms with E-state index < -0.39 is 0 Å². The molecule has 3 heterocycles. The van der Waals surface area contributed by atoms with Gasteiger partial charge in [0.2, 0.25) is 5.91 Å². The summed E-state index contributed by atoms with van der Waals surface area (Å²) in [6, 6.07) is 0.347. The van der Waals surface area contributed by atoms with E-state index in [-0.39, 0.29) is 5.91 Å². The summed E-state index contributed by atoms with van der Waals surface area (Å²) in [5, 5.41) is 3.94. The van der Waals surface area contributed by atoms with Crippen molar-refractivity contribution in [2.45, 2.75) is 45.6 Å². The Hall–Kier alpha value is -2.11. The number of rotatable bonds is 4. The van der Waals surface area contributed by atoms with E-state index in [1.807, 2.05) is 31.3 Å². The number of aromatic nitrogens is 3. The van der Waals surface area contributed by atoms with Crippen molar-refractivity contribution in [3.63, 3.8) is 0 Å². The monoisotopic (exact) mass is 302 g/mol. The first-order valence-corrected chi connectivity index (χ1v) is 7.82. The molecule has 1 saturated heterocycles. The molecule has 0 N–H and O–H groups in total. The molecule has 118 valence electrons. The van der Waals surface area contributed by atoms with Crippen LogP contribution in [0.1, 0.15) is 42.3 Å². The van der Waals surface area contributed by atoms with Crippen LogP contribution in [-0.4, -0.2) is 38.6 Å². The molecule has 0 radical (unpaired) electrons. The van der Waals surface area contributed by atoms with Crippen LogP contribution in [0.5, 0.6) is 0 Å². The summed E-state index contributed by atoms with van der Waals surface area (Å²) in [4.78, 5) is 18.6. The second-order valence-electron chi connectivity index (χ2n) is 5.95. The standard InChI is InChI=1S/C16H22N4O2/c1-12-15(13(2)22-18-12)5-6-16(21)19-8-3-4-14(10-19)20-9-7-17-11-20/h7,9,11,14H,3-6,8,10H2,1-2H3. The molecular formula is C16H22N4O2. The Morgan fingerprint density at radius 2 is 2.32 bits per heavy atom. The molecule has 0 saturated carbocycles. The molecular weight excluding hydrogens is 280 g/mol. The average Bonchev–Trinajstić information content (AvgIpc) is 3.16. The van der Waals surface area contributed by atoms with Gasteiger partial charge < -0.3 is 14.0 Å². The van der Waals surface area contributed by atoms with E-state index in [2.05, 4.69) is 14.7 Å². The highest BCUT2D eigenvalue weighted by Crippen LogP contribution is 2.22. The van der Waals surface area contributed by atoms with Crippen molar-refractivity contribution in [2.24, 2.45) is 0 Å². The molecule has 1 unspecified atom stereocenters. The molecule has 6 heteroatoms. The molecule has 6 nitrogen and oxygen atoms in total. The molecule has 0 aliphatic carbocycles. The predicted octanol–water partition coefficient (Wildman–Crippen LogP) is 2.28. The van der Waals surface area contributed by atoms with Gasteiger partial charge in [-0.05, 0) is 33.1 Å². The fourth-order valence-corrected chi connectivity index (χ4v) is 3.16. The number of amides is 1. The van der Waals surface area contributed by atoms with Crippen LogP contribution in [0.15, 0.2) is 23.2 Å². The number of carbonyl (C=O) groups excluding carboxylic acids is 1. The molecule has 0 spiro atoms. The minimum absolute atomic E-state index is 0.213. The zero-order valence-corrected chi connectivity index (χ0v) is 13.2. The largest absolute Gasteiger partial charge is 0.361 e. The van der Waals surface area contributed by atoms with Gasteiger partial charge in [0, 0.05) is 37.5 Å². The van der Waals surface area contributed by atoms with E-state index in [4.69, 9.17) is 4.52 Å². The van der Waals surface area contributed by atoms with E-state index in [0.717, 1.165) is 42.9 Å². The predicted molar refractivity (Wildman–Crippen MR) is 81.4 cm³/mol. The van der Waals surface area contributed by atoms with Crippen LogP contribution in [0.25, 0.3) is 0 Å². The Morgan fingerprint density at radius 1 is 1.45 bits per heavy atom. The Kier molecular flexibility index (Phi) is 4.27. The number of carbonyl (C=O) groups is 1. The maximum absolute atomic E-state index is 12.5. The van der Waals surface area contributed by atoms with E-state index in [0.29, 0.717) is 18.9 Å². The lowest BCUT2D eigenvalue weighted by Gasteiger charge is -2.33. The van der Waals surface area contributed by atoms with Gasteiger partial charge in [-0.1, -0.05) is 5.16 Å². The van der Waals surface area contributed by atoms with Gasteiger partial charge in [-0.2, -0.15) is 0 Å². The Bertz CT molecular complexity index is 613. The number of likely N-dealkylation sites (tertiary alicyclic amines) is 1. The molecule has 0 aromatic carbocycles. The van der Waals surface area contributed by atoms with Crippen molar-refractivity contribution in [2.75, 3.05) is 13.1 Å². The molecule has 1 amide bonds. The molecule has 1 fully saturated rings. The summed E-state index contributed by atoms with van der Waals surface area (Å²) >= 11 is 0. The molecule has 0 bridgehead atoms. The van der Waals surface area contributed by atoms with Crippen molar-refractivity contribution in [3.8, 4) is 0 Å². The minimum Gasteiger partial charge on any atom is -0.361 e. The van der Waals surface area contributed by atoms with Gasteiger partial charge in [-0.3, -0.25) is 4.79 Å². The van der Waals surface area contributed by atoms with Gasteiger partial charge in [0.1, 0.15) is 5.76 Å². The van der Waals surface area contributed by atoms with E-state index in [9.17, 15) is 4.79 Å². The van der Waals surface area contributed by atoms with Crippen LogP contribution in [-0.2, 0) is 11.2 Å². The molecule has 2 aromatic rings. The molecule has 1 aliphatic heterocycles. The zero-order chi connectivity index (χ0) is 15.5. The van der Waals surface area contributed by atoms with E-state index in [1.165, 1.54) is 0 Å². The van der Waals surface area contributed by atoms with Crippen LogP contribution in [0, 0.1) is 13.8 Å². The Labute approximate surface area is 130 Å². The highest BCUT2D eigenvalue weighted by Gasteiger charge is 2.24. The first-order chi connectivity index (χ1) is 10.6. The van der Waals surface area contributed by atoms with Gasteiger partial charge in [0.05, 0.1) is 18.1 Å². The third kappa shape index (κ3) is 3.05. The first kappa shape index (κ1) is 14.8. The van der Waals surface area contributed by atoms with Crippen LogP contribution in [0.4, 0.5) is 0 Å². The maximum Gasteiger partial charge on any atom is 0.222 e. The fraction of sp³-hybridized carbons (Fsp3) is 0.562. The van der Waals surface area contributed by atoms with Crippen LogP contribution in [0.2, 0.25) is 0 Å². The second kappa shape index (κ2) is 6.34. The Morgan fingerprint density at radius 3 is 3.00 bits per heavy atom.